The number of benzene rings is 1. The van der Waals surface area contributed by atoms with E-state index in [0.29, 0.717) is 6.61 Å². The number of fused-ring (bicyclic) bond motifs is 2. The second-order valence-corrected chi connectivity index (χ2v) is 5.44. The van der Waals surface area contributed by atoms with Gasteiger partial charge in [0.05, 0.1) is 13.0 Å². The maximum absolute atomic E-state index is 12.1. The highest BCUT2D eigenvalue weighted by Crippen LogP contribution is 2.60. The minimum absolute atomic E-state index is 0.0365. The van der Waals surface area contributed by atoms with Crippen molar-refractivity contribution in [2.45, 2.75) is 24.7 Å². The highest BCUT2D eigenvalue weighted by atomic mass is 16.5. The van der Waals surface area contributed by atoms with Crippen molar-refractivity contribution in [3.8, 4) is 5.75 Å². The van der Waals surface area contributed by atoms with Gasteiger partial charge >= 0.3 is 5.97 Å². The Labute approximate surface area is 116 Å². The van der Waals surface area contributed by atoms with Gasteiger partial charge in [-0.05, 0) is 18.9 Å². The first-order valence-corrected chi connectivity index (χ1v) is 6.85. The van der Waals surface area contributed by atoms with Gasteiger partial charge in [-0.3, -0.25) is 9.59 Å². The largest absolute Gasteiger partial charge is 0.493 e. The molecule has 1 aliphatic heterocycles. The molecule has 2 aliphatic rings. The van der Waals surface area contributed by atoms with Crippen LogP contribution in [0.5, 0.6) is 5.75 Å². The van der Waals surface area contributed by atoms with E-state index in [1.807, 2.05) is 24.3 Å². The summed E-state index contributed by atoms with van der Waals surface area (Å²) in [5, 5.41) is 11.3. The van der Waals surface area contributed by atoms with Crippen LogP contribution in [0.25, 0.3) is 0 Å². The average molecular weight is 275 g/mol. The Kier molecular flexibility index (Phi) is 3.12. The summed E-state index contributed by atoms with van der Waals surface area (Å²) in [6.45, 7) is 0.828. The second kappa shape index (κ2) is 4.81. The summed E-state index contributed by atoms with van der Waals surface area (Å²) < 4.78 is 5.63. The second-order valence-electron chi connectivity index (χ2n) is 5.44. The van der Waals surface area contributed by atoms with E-state index in [-0.39, 0.29) is 30.2 Å². The molecule has 0 bridgehead atoms. The molecular weight excluding hydrogens is 258 g/mol. The standard InChI is InChI=1S/C15H17NO4/c17-13(18)5-7-16-14(19)11-9-15(11)6-8-20-12-4-2-1-3-10(12)15/h1-4,11H,5-9H2,(H,16,19)(H,17,18)/t11-,15-/m0/s1. The third-order valence-electron chi connectivity index (χ3n) is 4.26. The minimum Gasteiger partial charge on any atom is -0.493 e. The number of amides is 1. The summed E-state index contributed by atoms with van der Waals surface area (Å²) in [4.78, 5) is 22.6. The van der Waals surface area contributed by atoms with Gasteiger partial charge in [-0.1, -0.05) is 18.2 Å². The Bertz CT molecular complexity index is 557. The molecule has 1 aromatic carbocycles. The fourth-order valence-electron chi connectivity index (χ4n) is 3.12. The third kappa shape index (κ3) is 2.13. The zero-order chi connectivity index (χ0) is 14.2. The average Bonchev–Trinajstić information content (AvgIpc) is 3.14. The third-order valence-corrected chi connectivity index (χ3v) is 4.26. The van der Waals surface area contributed by atoms with Crippen molar-refractivity contribution in [1.29, 1.82) is 0 Å². The number of hydrogen-bond acceptors (Lipinski definition) is 3. The van der Waals surface area contributed by atoms with Crippen LogP contribution in [0.1, 0.15) is 24.8 Å². The van der Waals surface area contributed by atoms with Crippen LogP contribution in [0.2, 0.25) is 0 Å². The number of hydrogen-bond donors (Lipinski definition) is 2. The summed E-state index contributed by atoms with van der Waals surface area (Å²) in [6.07, 6.45) is 1.64. The van der Waals surface area contributed by atoms with Crippen LogP contribution in [0.15, 0.2) is 24.3 Å². The summed E-state index contributed by atoms with van der Waals surface area (Å²) in [7, 11) is 0. The molecule has 20 heavy (non-hydrogen) atoms. The molecule has 2 atom stereocenters. The molecular formula is C15H17NO4. The zero-order valence-electron chi connectivity index (χ0n) is 11.1. The first-order chi connectivity index (χ1) is 9.63. The van der Waals surface area contributed by atoms with Gasteiger partial charge in [-0.2, -0.15) is 0 Å². The molecule has 0 saturated heterocycles. The van der Waals surface area contributed by atoms with Crippen LogP contribution in [-0.2, 0) is 15.0 Å². The van der Waals surface area contributed by atoms with E-state index in [1.165, 1.54) is 0 Å². The van der Waals surface area contributed by atoms with Crippen LogP contribution in [0.4, 0.5) is 0 Å². The van der Waals surface area contributed by atoms with E-state index in [1.54, 1.807) is 0 Å². The molecule has 1 aliphatic carbocycles. The van der Waals surface area contributed by atoms with Crippen LogP contribution in [0, 0.1) is 5.92 Å². The predicted molar refractivity (Wildman–Crippen MR) is 71.6 cm³/mol. The van der Waals surface area contributed by atoms with Crippen LogP contribution < -0.4 is 10.1 Å². The SMILES string of the molecule is O=C(O)CCNC(=O)[C@@H]1C[C@]12CCOc1ccccc12. The van der Waals surface area contributed by atoms with Crippen LogP contribution in [-0.4, -0.2) is 30.1 Å². The topological polar surface area (TPSA) is 75.6 Å². The maximum Gasteiger partial charge on any atom is 0.305 e. The smallest absolute Gasteiger partial charge is 0.305 e. The lowest BCUT2D eigenvalue weighted by atomic mass is 9.87. The normalized spacial score (nSPS) is 26.5. The maximum atomic E-state index is 12.1. The molecule has 1 spiro atoms. The van der Waals surface area contributed by atoms with Crippen molar-refractivity contribution >= 4 is 11.9 Å². The molecule has 1 saturated carbocycles. The number of carbonyl (C=O) groups is 2. The number of ether oxygens (including phenoxy) is 1. The van der Waals surface area contributed by atoms with Gasteiger partial charge < -0.3 is 15.2 Å². The Morgan fingerprint density at radius 2 is 2.20 bits per heavy atom. The monoisotopic (exact) mass is 275 g/mol. The summed E-state index contributed by atoms with van der Waals surface area (Å²) in [5.41, 5.74) is 1.02. The Balaban J connectivity index is 1.69. The fraction of sp³-hybridized carbons (Fsp3) is 0.467. The van der Waals surface area contributed by atoms with E-state index in [4.69, 9.17) is 9.84 Å². The molecule has 2 N–H and O–H groups in total. The van der Waals surface area contributed by atoms with Crippen molar-refractivity contribution < 1.29 is 19.4 Å². The highest BCUT2D eigenvalue weighted by molar-refractivity contribution is 5.85. The Hall–Kier alpha value is -2.04. The van der Waals surface area contributed by atoms with E-state index in [9.17, 15) is 9.59 Å². The fourth-order valence-corrected chi connectivity index (χ4v) is 3.12. The zero-order valence-corrected chi connectivity index (χ0v) is 11.1. The first kappa shape index (κ1) is 13.0. The van der Waals surface area contributed by atoms with E-state index in [2.05, 4.69) is 5.32 Å². The molecule has 3 rings (SSSR count). The van der Waals surface area contributed by atoms with Crippen LogP contribution >= 0.6 is 0 Å². The molecule has 1 heterocycles. The van der Waals surface area contributed by atoms with Gasteiger partial charge in [0.1, 0.15) is 5.75 Å². The molecule has 5 nitrogen and oxygen atoms in total. The molecule has 5 heteroatoms. The van der Waals surface area contributed by atoms with Crippen molar-refractivity contribution in [1.82, 2.24) is 5.32 Å². The predicted octanol–water partition coefficient (Wildman–Crippen LogP) is 1.32. The van der Waals surface area contributed by atoms with Crippen LogP contribution in [0.3, 0.4) is 0 Å². The van der Waals surface area contributed by atoms with E-state index >= 15 is 0 Å². The molecule has 1 aromatic rings. The summed E-state index contributed by atoms with van der Waals surface area (Å²) in [5.74, 6) is -0.115. The Morgan fingerprint density at radius 1 is 1.40 bits per heavy atom. The molecule has 0 radical (unpaired) electrons. The number of rotatable bonds is 4. The van der Waals surface area contributed by atoms with Gasteiger partial charge in [-0.25, -0.2) is 0 Å². The first-order valence-electron chi connectivity index (χ1n) is 6.85. The number of carbonyl (C=O) groups excluding carboxylic acids is 1. The summed E-state index contributed by atoms with van der Waals surface area (Å²) >= 11 is 0. The number of para-hydroxylation sites is 1. The lowest BCUT2D eigenvalue weighted by molar-refractivity contribution is -0.136. The number of carboxylic acids is 1. The molecule has 0 unspecified atom stereocenters. The quantitative estimate of drug-likeness (QED) is 0.869. The minimum atomic E-state index is -0.896. The van der Waals surface area contributed by atoms with Gasteiger partial charge in [0.25, 0.3) is 0 Å². The van der Waals surface area contributed by atoms with Gasteiger partial charge in [0, 0.05) is 23.4 Å². The van der Waals surface area contributed by atoms with Crippen molar-refractivity contribution in [2.75, 3.05) is 13.2 Å². The number of carboxylic acid groups (broad SMARTS) is 1. The van der Waals surface area contributed by atoms with Gasteiger partial charge in [0.2, 0.25) is 5.91 Å². The molecule has 106 valence electrons. The van der Waals surface area contributed by atoms with Gasteiger partial charge in [0.15, 0.2) is 0 Å². The molecule has 1 fully saturated rings. The molecule has 1 amide bonds. The van der Waals surface area contributed by atoms with E-state index < -0.39 is 5.97 Å². The van der Waals surface area contributed by atoms with E-state index in [0.717, 1.165) is 24.2 Å². The lowest BCUT2D eigenvalue weighted by Gasteiger charge is -2.26. The highest BCUT2D eigenvalue weighted by Gasteiger charge is 2.60. The Morgan fingerprint density at radius 3 is 3.00 bits per heavy atom. The number of aliphatic carboxylic acids is 1. The molecule has 0 aromatic heterocycles. The van der Waals surface area contributed by atoms with Crippen molar-refractivity contribution in [3.05, 3.63) is 29.8 Å². The van der Waals surface area contributed by atoms with Crippen molar-refractivity contribution in [2.24, 2.45) is 5.92 Å². The number of nitrogens with one attached hydrogen (secondary N) is 1. The summed E-state index contributed by atoms with van der Waals surface area (Å²) in [6, 6.07) is 7.86. The lowest BCUT2D eigenvalue weighted by Crippen LogP contribution is -2.32. The van der Waals surface area contributed by atoms with Gasteiger partial charge in [-0.15, -0.1) is 0 Å². The van der Waals surface area contributed by atoms with Crippen molar-refractivity contribution in [3.63, 3.8) is 0 Å².